The number of oxazole rings is 1. The molecule has 0 aliphatic rings. The monoisotopic (exact) mass is 263 g/mol. The summed E-state index contributed by atoms with van der Waals surface area (Å²) in [6.07, 6.45) is 0. The molecule has 0 amide bonds. The summed E-state index contributed by atoms with van der Waals surface area (Å²) in [5.41, 5.74) is 1.09. The van der Waals surface area contributed by atoms with Gasteiger partial charge in [0.05, 0.1) is 4.92 Å². The standard InChI is InChI=1S/C13H17N3O3/c1-8(13(2,3)4)14-12-15-10-7-9(16(17)18)5-6-11(10)19-12/h5-8H,1-4H3,(H,14,15). The van der Waals surface area contributed by atoms with Gasteiger partial charge < -0.3 is 9.73 Å². The fourth-order valence-corrected chi connectivity index (χ4v) is 1.49. The number of benzene rings is 1. The predicted octanol–water partition coefficient (Wildman–Crippen LogP) is 3.58. The maximum atomic E-state index is 10.7. The SMILES string of the molecule is CC(Nc1nc2cc([N+](=O)[O-])ccc2o1)C(C)(C)C. The van der Waals surface area contributed by atoms with Crippen molar-refractivity contribution in [1.82, 2.24) is 4.98 Å². The lowest BCUT2D eigenvalue weighted by Gasteiger charge is -2.27. The van der Waals surface area contributed by atoms with Crippen LogP contribution >= 0.6 is 0 Å². The average molecular weight is 263 g/mol. The van der Waals surface area contributed by atoms with Gasteiger partial charge in [0.15, 0.2) is 5.58 Å². The number of fused-ring (bicyclic) bond motifs is 1. The van der Waals surface area contributed by atoms with Crippen molar-refractivity contribution in [2.45, 2.75) is 33.7 Å². The first-order chi connectivity index (χ1) is 8.77. The molecule has 19 heavy (non-hydrogen) atoms. The molecule has 1 N–H and O–H groups in total. The number of non-ortho nitro benzene ring substituents is 1. The van der Waals surface area contributed by atoms with Gasteiger partial charge in [0.1, 0.15) is 5.52 Å². The van der Waals surface area contributed by atoms with E-state index in [1.54, 1.807) is 6.07 Å². The highest BCUT2D eigenvalue weighted by Crippen LogP contribution is 2.26. The van der Waals surface area contributed by atoms with Crippen molar-refractivity contribution in [2.24, 2.45) is 5.41 Å². The second kappa shape index (κ2) is 4.53. The van der Waals surface area contributed by atoms with Gasteiger partial charge in [-0.25, -0.2) is 0 Å². The molecule has 0 saturated heterocycles. The number of hydrogen-bond donors (Lipinski definition) is 1. The molecule has 0 radical (unpaired) electrons. The summed E-state index contributed by atoms with van der Waals surface area (Å²) in [6, 6.07) is 4.93. The van der Waals surface area contributed by atoms with Gasteiger partial charge in [0.2, 0.25) is 0 Å². The van der Waals surface area contributed by atoms with E-state index in [4.69, 9.17) is 4.42 Å². The summed E-state index contributed by atoms with van der Waals surface area (Å²) in [4.78, 5) is 14.5. The van der Waals surface area contributed by atoms with Crippen LogP contribution in [0.4, 0.5) is 11.7 Å². The molecule has 2 aromatic rings. The molecule has 0 saturated carbocycles. The maximum absolute atomic E-state index is 10.7. The highest BCUT2D eigenvalue weighted by atomic mass is 16.6. The fraction of sp³-hybridized carbons (Fsp3) is 0.462. The average Bonchev–Trinajstić information content (AvgIpc) is 2.68. The topological polar surface area (TPSA) is 81.2 Å². The molecule has 2 rings (SSSR count). The van der Waals surface area contributed by atoms with E-state index < -0.39 is 4.92 Å². The van der Waals surface area contributed by atoms with Crippen LogP contribution in [0.25, 0.3) is 11.1 Å². The zero-order valence-electron chi connectivity index (χ0n) is 11.4. The molecule has 6 heteroatoms. The first kappa shape index (κ1) is 13.3. The number of nitro groups is 1. The number of aromatic nitrogens is 1. The molecule has 1 heterocycles. The predicted molar refractivity (Wildman–Crippen MR) is 73.2 cm³/mol. The molecule has 0 bridgehead atoms. The van der Waals surface area contributed by atoms with E-state index in [9.17, 15) is 10.1 Å². The smallest absolute Gasteiger partial charge is 0.295 e. The van der Waals surface area contributed by atoms with Crippen molar-refractivity contribution < 1.29 is 9.34 Å². The number of hydrogen-bond acceptors (Lipinski definition) is 5. The first-order valence-corrected chi connectivity index (χ1v) is 6.09. The molecule has 6 nitrogen and oxygen atoms in total. The molecular weight excluding hydrogens is 246 g/mol. The Morgan fingerprint density at radius 2 is 2.11 bits per heavy atom. The Hall–Kier alpha value is -2.11. The molecule has 1 unspecified atom stereocenters. The normalized spacial score (nSPS) is 13.5. The van der Waals surface area contributed by atoms with Gasteiger partial charge >= 0.3 is 0 Å². The van der Waals surface area contributed by atoms with Gasteiger partial charge in [0, 0.05) is 18.2 Å². The van der Waals surface area contributed by atoms with Crippen LogP contribution in [-0.4, -0.2) is 15.9 Å². The van der Waals surface area contributed by atoms with Crippen molar-refractivity contribution >= 4 is 22.8 Å². The third-order valence-corrected chi connectivity index (χ3v) is 3.22. The van der Waals surface area contributed by atoms with Crippen molar-refractivity contribution in [3.63, 3.8) is 0 Å². The Kier molecular flexibility index (Phi) is 3.18. The van der Waals surface area contributed by atoms with E-state index in [2.05, 4.69) is 31.1 Å². The van der Waals surface area contributed by atoms with Crippen molar-refractivity contribution in [3.8, 4) is 0 Å². The highest BCUT2D eigenvalue weighted by Gasteiger charge is 2.21. The fourth-order valence-electron chi connectivity index (χ4n) is 1.49. The number of nitrogens with zero attached hydrogens (tertiary/aromatic N) is 2. The van der Waals surface area contributed by atoms with E-state index in [0.29, 0.717) is 17.1 Å². The summed E-state index contributed by atoms with van der Waals surface area (Å²) >= 11 is 0. The summed E-state index contributed by atoms with van der Waals surface area (Å²) in [5.74, 6) is 0. The highest BCUT2D eigenvalue weighted by molar-refractivity contribution is 5.77. The lowest BCUT2D eigenvalue weighted by atomic mass is 9.88. The van der Waals surface area contributed by atoms with Crippen LogP contribution < -0.4 is 5.32 Å². The Bertz CT molecular complexity index is 613. The van der Waals surface area contributed by atoms with Crippen LogP contribution in [0.2, 0.25) is 0 Å². The van der Waals surface area contributed by atoms with Crippen LogP contribution in [0.5, 0.6) is 0 Å². The minimum Gasteiger partial charge on any atom is -0.424 e. The molecule has 1 atom stereocenters. The lowest BCUT2D eigenvalue weighted by Crippen LogP contribution is -2.30. The van der Waals surface area contributed by atoms with Gasteiger partial charge in [-0.2, -0.15) is 4.98 Å². The van der Waals surface area contributed by atoms with Crippen molar-refractivity contribution in [1.29, 1.82) is 0 Å². The Morgan fingerprint density at radius 3 is 2.68 bits per heavy atom. The van der Waals surface area contributed by atoms with E-state index in [1.807, 2.05) is 6.92 Å². The largest absolute Gasteiger partial charge is 0.424 e. The van der Waals surface area contributed by atoms with Crippen molar-refractivity contribution in [3.05, 3.63) is 28.3 Å². The lowest BCUT2D eigenvalue weighted by molar-refractivity contribution is -0.384. The van der Waals surface area contributed by atoms with Crippen LogP contribution in [-0.2, 0) is 0 Å². The zero-order chi connectivity index (χ0) is 14.2. The molecule has 1 aromatic heterocycles. The summed E-state index contributed by atoms with van der Waals surface area (Å²) in [7, 11) is 0. The van der Waals surface area contributed by atoms with E-state index in [0.717, 1.165) is 0 Å². The van der Waals surface area contributed by atoms with Gasteiger partial charge in [-0.15, -0.1) is 0 Å². The Morgan fingerprint density at radius 1 is 1.42 bits per heavy atom. The molecule has 0 fully saturated rings. The molecule has 0 spiro atoms. The van der Waals surface area contributed by atoms with E-state index in [-0.39, 0.29) is 17.1 Å². The van der Waals surface area contributed by atoms with Crippen LogP contribution in [0.15, 0.2) is 22.6 Å². The number of nitro benzene ring substituents is 1. The summed E-state index contributed by atoms with van der Waals surface area (Å²) in [5, 5.41) is 13.9. The minimum atomic E-state index is -0.445. The summed E-state index contributed by atoms with van der Waals surface area (Å²) in [6.45, 7) is 8.37. The first-order valence-electron chi connectivity index (χ1n) is 6.09. The van der Waals surface area contributed by atoms with Gasteiger partial charge in [0.25, 0.3) is 11.7 Å². The molecule has 1 aromatic carbocycles. The van der Waals surface area contributed by atoms with Gasteiger partial charge in [-0.3, -0.25) is 10.1 Å². The quantitative estimate of drug-likeness (QED) is 0.676. The molecular formula is C13H17N3O3. The maximum Gasteiger partial charge on any atom is 0.295 e. The van der Waals surface area contributed by atoms with Crippen LogP contribution in [0.1, 0.15) is 27.7 Å². The number of rotatable bonds is 3. The van der Waals surface area contributed by atoms with Crippen LogP contribution in [0, 0.1) is 15.5 Å². The van der Waals surface area contributed by atoms with E-state index in [1.165, 1.54) is 12.1 Å². The molecule has 0 aliphatic heterocycles. The second-order valence-electron chi connectivity index (χ2n) is 5.66. The minimum absolute atomic E-state index is 0.0104. The Labute approximate surface area is 111 Å². The molecule has 102 valence electrons. The van der Waals surface area contributed by atoms with E-state index >= 15 is 0 Å². The third-order valence-electron chi connectivity index (χ3n) is 3.22. The Balaban J connectivity index is 2.29. The summed E-state index contributed by atoms with van der Waals surface area (Å²) < 4.78 is 5.52. The van der Waals surface area contributed by atoms with Gasteiger partial charge in [-0.05, 0) is 18.4 Å². The van der Waals surface area contributed by atoms with Crippen LogP contribution in [0.3, 0.4) is 0 Å². The van der Waals surface area contributed by atoms with Crippen molar-refractivity contribution in [2.75, 3.05) is 5.32 Å². The third kappa shape index (κ3) is 2.83. The number of nitrogens with one attached hydrogen (secondary N) is 1. The number of anilines is 1. The van der Waals surface area contributed by atoms with Gasteiger partial charge in [-0.1, -0.05) is 20.8 Å². The molecule has 0 aliphatic carbocycles. The zero-order valence-corrected chi connectivity index (χ0v) is 11.4. The second-order valence-corrected chi connectivity index (χ2v) is 5.66.